The van der Waals surface area contributed by atoms with Crippen LogP contribution in [-0.4, -0.2) is 12.4 Å². The fourth-order valence-corrected chi connectivity index (χ4v) is 6.03. The monoisotopic (exact) mass is 317 g/mol. The predicted molar refractivity (Wildman–Crippen MR) is 85.1 cm³/mol. The van der Waals surface area contributed by atoms with E-state index in [-0.39, 0.29) is 11.7 Å². The van der Waals surface area contributed by atoms with Crippen LogP contribution in [0.2, 0.25) is 0 Å². The average molecular weight is 317 g/mol. The molecule has 4 heteroatoms. The van der Waals surface area contributed by atoms with Gasteiger partial charge in [0.15, 0.2) is 12.4 Å². The van der Waals surface area contributed by atoms with E-state index in [4.69, 9.17) is 9.47 Å². The van der Waals surface area contributed by atoms with Gasteiger partial charge in [0.25, 0.3) is 0 Å². The van der Waals surface area contributed by atoms with Gasteiger partial charge in [0, 0.05) is 11.3 Å². The van der Waals surface area contributed by atoms with Gasteiger partial charge in [-0.05, 0) is 47.0 Å². The first-order chi connectivity index (χ1) is 10.5. The number of hydrogen-bond acceptors (Lipinski definition) is 4. The Balaban J connectivity index is 1.50. The maximum absolute atomic E-state index is 9.39. The van der Waals surface area contributed by atoms with E-state index < -0.39 is 6.10 Å². The third kappa shape index (κ3) is 1.79. The van der Waals surface area contributed by atoms with Crippen LogP contribution in [0.15, 0.2) is 17.5 Å². The zero-order valence-corrected chi connectivity index (χ0v) is 14.2. The molecule has 0 radical (unpaired) electrons. The van der Waals surface area contributed by atoms with Gasteiger partial charge in [-0.2, -0.15) is 5.26 Å². The molecule has 2 aliphatic carbocycles. The van der Waals surface area contributed by atoms with Crippen LogP contribution in [0.3, 0.4) is 0 Å². The lowest BCUT2D eigenvalue weighted by molar-refractivity contribution is -0.177. The van der Waals surface area contributed by atoms with Crippen molar-refractivity contribution in [1.82, 2.24) is 0 Å². The summed E-state index contributed by atoms with van der Waals surface area (Å²) in [5.41, 5.74) is 0.612. The van der Waals surface area contributed by atoms with Gasteiger partial charge in [-0.1, -0.05) is 26.8 Å². The van der Waals surface area contributed by atoms with Gasteiger partial charge >= 0.3 is 0 Å². The molecule has 0 N–H and O–H groups in total. The number of ether oxygens (including phenoxy) is 2. The van der Waals surface area contributed by atoms with Gasteiger partial charge in [-0.3, -0.25) is 0 Å². The number of nitrogens with zero attached hydrogens (tertiary/aromatic N) is 1. The van der Waals surface area contributed by atoms with E-state index >= 15 is 0 Å². The molecule has 0 aromatic carbocycles. The van der Waals surface area contributed by atoms with E-state index in [1.807, 2.05) is 17.5 Å². The Bertz CT molecular complexity index is 605. The van der Waals surface area contributed by atoms with Crippen LogP contribution in [0, 0.1) is 34.0 Å². The molecular weight excluding hydrogens is 294 g/mol. The van der Waals surface area contributed by atoms with Crippen molar-refractivity contribution in [3.8, 4) is 6.07 Å². The Labute approximate surface area is 136 Å². The minimum absolute atomic E-state index is 0.224. The molecule has 2 bridgehead atoms. The lowest BCUT2D eigenvalue weighted by atomic mass is 9.70. The minimum Gasteiger partial charge on any atom is -0.348 e. The first-order valence-electron chi connectivity index (χ1n) is 8.21. The second-order valence-electron chi connectivity index (χ2n) is 7.83. The fourth-order valence-electron chi connectivity index (χ4n) is 5.32. The standard InChI is InChI=1S/C18H23NO2S/c1-17(2)12-6-7-18(17,3)16-11(12)9-15(21-16)20-13(10-19)14-5-4-8-22-14/h4-5,8,11-13,15-16H,6-7,9H2,1-3H3/t11-,12+,13+,15-,16-,18-/m0/s1. The van der Waals surface area contributed by atoms with Crippen molar-refractivity contribution in [3.05, 3.63) is 22.4 Å². The molecule has 6 atom stereocenters. The summed E-state index contributed by atoms with van der Waals surface area (Å²) in [6, 6.07) is 6.19. The molecule has 3 fully saturated rings. The topological polar surface area (TPSA) is 42.2 Å². The summed E-state index contributed by atoms with van der Waals surface area (Å²) in [4.78, 5) is 0.970. The lowest BCUT2D eigenvalue weighted by Gasteiger charge is -2.38. The van der Waals surface area contributed by atoms with Crippen LogP contribution < -0.4 is 0 Å². The summed E-state index contributed by atoms with van der Waals surface area (Å²) >= 11 is 1.57. The summed E-state index contributed by atoms with van der Waals surface area (Å²) in [6.07, 6.45) is 3.09. The molecule has 2 heterocycles. The molecule has 4 rings (SSSR count). The molecule has 0 amide bonds. The van der Waals surface area contributed by atoms with Gasteiger partial charge in [-0.25, -0.2) is 0 Å². The highest BCUT2D eigenvalue weighted by Crippen LogP contribution is 2.71. The van der Waals surface area contributed by atoms with Gasteiger partial charge in [0.1, 0.15) is 6.07 Å². The Morgan fingerprint density at radius 1 is 1.45 bits per heavy atom. The van der Waals surface area contributed by atoms with E-state index in [9.17, 15) is 5.26 Å². The maximum Gasteiger partial charge on any atom is 0.181 e. The number of nitriles is 1. The molecule has 1 aromatic rings. The van der Waals surface area contributed by atoms with E-state index in [1.54, 1.807) is 11.3 Å². The highest BCUT2D eigenvalue weighted by atomic mass is 32.1. The summed E-state index contributed by atoms with van der Waals surface area (Å²) in [6.45, 7) is 7.21. The number of rotatable bonds is 3. The zero-order chi connectivity index (χ0) is 15.5. The first kappa shape index (κ1) is 14.7. The Kier molecular flexibility index (Phi) is 3.21. The highest BCUT2D eigenvalue weighted by molar-refractivity contribution is 7.10. The van der Waals surface area contributed by atoms with Crippen LogP contribution in [-0.2, 0) is 9.47 Å². The minimum atomic E-state index is -0.498. The van der Waals surface area contributed by atoms with Gasteiger partial charge in [0.2, 0.25) is 0 Å². The van der Waals surface area contributed by atoms with Crippen LogP contribution in [0.1, 0.15) is 51.0 Å². The van der Waals surface area contributed by atoms with Crippen molar-refractivity contribution < 1.29 is 9.47 Å². The Morgan fingerprint density at radius 3 is 2.91 bits per heavy atom. The molecule has 2 saturated carbocycles. The third-order valence-electron chi connectivity index (χ3n) is 6.88. The molecule has 3 nitrogen and oxygen atoms in total. The summed E-state index contributed by atoms with van der Waals surface area (Å²) < 4.78 is 12.3. The molecule has 0 spiro atoms. The van der Waals surface area contributed by atoms with Gasteiger partial charge in [-0.15, -0.1) is 11.3 Å². The van der Waals surface area contributed by atoms with Crippen LogP contribution in [0.25, 0.3) is 0 Å². The summed E-state index contributed by atoms with van der Waals surface area (Å²) in [5, 5.41) is 11.4. The first-order valence-corrected chi connectivity index (χ1v) is 9.09. The average Bonchev–Trinajstić information content (AvgIpc) is 3.19. The van der Waals surface area contributed by atoms with Crippen molar-refractivity contribution in [3.63, 3.8) is 0 Å². The highest BCUT2D eigenvalue weighted by Gasteiger charge is 2.69. The van der Waals surface area contributed by atoms with Crippen molar-refractivity contribution in [2.24, 2.45) is 22.7 Å². The van der Waals surface area contributed by atoms with E-state index in [0.717, 1.165) is 17.2 Å². The van der Waals surface area contributed by atoms with Gasteiger partial charge < -0.3 is 9.47 Å². The quantitative estimate of drug-likeness (QED) is 0.823. The van der Waals surface area contributed by atoms with Crippen molar-refractivity contribution in [1.29, 1.82) is 5.26 Å². The molecule has 22 heavy (non-hydrogen) atoms. The van der Waals surface area contributed by atoms with Crippen LogP contribution in [0.5, 0.6) is 0 Å². The molecule has 0 unspecified atom stereocenters. The summed E-state index contributed by atoms with van der Waals surface area (Å²) in [7, 11) is 0. The largest absolute Gasteiger partial charge is 0.348 e. The molecule has 1 aromatic heterocycles. The molecule has 1 aliphatic heterocycles. The van der Waals surface area contributed by atoms with Crippen LogP contribution >= 0.6 is 11.3 Å². The van der Waals surface area contributed by atoms with E-state index in [1.165, 1.54) is 12.8 Å². The smallest absolute Gasteiger partial charge is 0.181 e. The predicted octanol–water partition coefficient (Wildman–Crippen LogP) is 4.52. The van der Waals surface area contributed by atoms with E-state index in [2.05, 4.69) is 26.8 Å². The zero-order valence-electron chi connectivity index (χ0n) is 13.4. The molecule has 1 saturated heterocycles. The number of hydrogen-bond donors (Lipinski definition) is 0. The third-order valence-corrected chi connectivity index (χ3v) is 7.79. The SMILES string of the molecule is CC1(C)[C@@H]2CC[C@@]1(C)[C@H]1O[C@H](O[C@H](C#N)c3cccs3)C[C@@H]21. The molecule has 118 valence electrons. The number of thiophene rings is 1. The van der Waals surface area contributed by atoms with Crippen molar-refractivity contribution >= 4 is 11.3 Å². The van der Waals surface area contributed by atoms with E-state index in [0.29, 0.717) is 17.4 Å². The molecule has 3 aliphatic rings. The fraction of sp³-hybridized carbons (Fsp3) is 0.722. The number of fused-ring (bicyclic) bond motifs is 5. The Hall–Kier alpha value is -0.890. The van der Waals surface area contributed by atoms with Crippen molar-refractivity contribution in [2.45, 2.75) is 58.5 Å². The molecular formula is C18H23NO2S. The maximum atomic E-state index is 9.39. The lowest BCUT2D eigenvalue weighted by Crippen LogP contribution is -2.38. The van der Waals surface area contributed by atoms with Crippen molar-refractivity contribution in [2.75, 3.05) is 0 Å². The second kappa shape index (κ2) is 4.80. The summed E-state index contributed by atoms with van der Waals surface area (Å²) in [5.74, 6) is 1.33. The van der Waals surface area contributed by atoms with Crippen LogP contribution in [0.4, 0.5) is 0 Å². The second-order valence-corrected chi connectivity index (χ2v) is 8.81. The normalized spacial score (nSPS) is 43.0. The Morgan fingerprint density at radius 2 is 2.27 bits per heavy atom. The van der Waals surface area contributed by atoms with Gasteiger partial charge in [0.05, 0.1) is 6.10 Å².